The molecule has 0 unspecified atom stereocenters. The van der Waals surface area contributed by atoms with E-state index in [1.54, 1.807) is 25.4 Å². The number of aromatic amines is 1. The van der Waals surface area contributed by atoms with Crippen molar-refractivity contribution in [2.75, 3.05) is 20.2 Å². The lowest BCUT2D eigenvalue weighted by Gasteiger charge is -2.11. The summed E-state index contributed by atoms with van der Waals surface area (Å²) in [4.78, 5) is 11.9. The van der Waals surface area contributed by atoms with Crippen LogP contribution in [0, 0.1) is 5.82 Å². The van der Waals surface area contributed by atoms with Gasteiger partial charge < -0.3 is 20.4 Å². The number of nitrogens with zero attached hydrogens (tertiary/aromatic N) is 2. The highest BCUT2D eigenvalue weighted by Crippen LogP contribution is 2.19. The van der Waals surface area contributed by atoms with Gasteiger partial charge in [0.1, 0.15) is 5.82 Å². The predicted molar refractivity (Wildman–Crippen MR) is 106 cm³/mol. The van der Waals surface area contributed by atoms with Crippen molar-refractivity contribution < 1.29 is 9.13 Å². The molecule has 0 amide bonds. The number of hydrogen-bond donors (Lipinski definition) is 3. The number of benzene rings is 1. The molecule has 3 aromatic rings. The lowest BCUT2D eigenvalue weighted by molar-refractivity contribution is 0.397. The highest BCUT2D eigenvalue weighted by atomic mass is 19.1. The van der Waals surface area contributed by atoms with E-state index in [9.17, 15) is 4.39 Å². The minimum atomic E-state index is -0.223. The van der Waals surface area contributed by atoms with Crippen LogP contribution in [-0.2, 0) is 13.0 Å². The molecule has 3 rings (SSSR count). The van der Waals surface area contributed by atoms with E-state index in [0.29, 0.717) is 19.0 Å². The first-order chi connectivity index (χ1) is 13.2. The molecule has 2 aromatic heterocycles. The van der Waals surface area contributed by atoms with Gasteiger partial charge in [-0.2, -0.15) is 0 Å². The van der Waals surface area contributed by atoms with E-state index in [1.807, 2.05) is 25.3 Å². The summed E-state index contributed by atoms with van der Waals surface area (Å²) < 4.78 is 18.6. The fraction of sp³-hybridized carbons (Fsp3) is 0.300. The van der Waals surface area contributed by atoms with Gasteiger partial charge in [-0.15, -0.1) is 0 Å². The molecule has 0 aliphatic heterocycles. The number of pyridine rings is 1. The number of nitrogens with one attached hydrogen (secondary N) is 3. The quantitative estimate of drug-likeness (QED) is 0.442. The van der Waals surface area contributed by atoms with Crippen molar-refractivity contribution in [1.82, 2.24) is 20.6 Å². The zero-order valence-corrected chi connectivity index (χ0v) is 15.6. The summed E-state index contributed by atoms with van der Waals surface area (Å²) in [6, 6.07) is 8.57. The third-order valence-electron chi connectivity index (χ3n) is 4.19. The third kappa shape index (κ3) is 4.97. The van der Waals surface area contributed by atoms with Crippen molar-refractivity contribution in [3.63, 3.8) is 0 Å². The number of H-pyrrole nitrogens is 1. The van der Waals surface area contributed by atoms with Gasteiger partial charge in [-0.25, -0.2) is 14.4 Å². The van der Waals surface area contributed by atoms with Crippen LogP contribution in [0.5, 0.6) is 5.88 Å². The lowest BCUT2D eigenvalue weighted by Crippen LogP contribution is -2.38. The Bertz CT molecular complexity index is 922. The molecule has 1 aromatic carbocycles. The molecular weight excluding hydrogens is 345 g/mol. The molecule has 142 valence electrons. The largest absolute Gasteiger partial charge is 0.481 e. The van der Waals surface area contributed by atoms with Gasteiger partial charge in [0.2, 0.25) is 5.88 Å². The van der Waals surface area contributed by atoms with Crippen LogP contribution in [0.1, 0.15) is 18.1 Å². The summed E-state index contributed by atoms with van der Waals surface area (Å²) in [5.74, 6) is 1.09. The summed E-state index contributed by atoms with van der Waals surface area (Å²) in [6.45, 7) is 4.00. The number of halogens is 1. The summed E-state index contributed by atoms with van der Waals surface area (Å²) >= 11 is 0. The number of aromatic nitrogens is 2. The fourth-order valence-electron chi connectivity index (χ4n) is 2.85. The molecule has 6 nitrogen and oxygen atoms in total. The Morgan fingerprint density at radius 2 is 2.15 bits per heavy atom. The summed E-state index contributed by atoms with van der Waals surface area (Å²) in [7, 11) is 1.59. The van der Waals surface area contributed by atoms with Gasteiger partial charge in [-0.05, 0) is 48.7 Å². The second kappa shape index (κ2) is 9.02. The van der Waals surface area contributed by atoms with Crippen LogP contribution in [0.4, 0.5) is 4.39 Å². The average Bonchev–Trinajstić information content (AvgIpc) is 3.08. The summed E-state index contributed by atoms with van der Waals surface area (Å²) in [6.07, 6.45) is 4.40. The van der Waals surface area contributed by atoms with Crippen molar-refractivity contribution in [3.8, 4) is 5.88 Å². The molecule has 0 saturated heterocycles. The monoisotopic (exact) mass is 369 g/mol. The van der Waals surface area contributed by atoms with E-state index < -0.39 is 0 Å². The first kappa shape index (κ1) is 18.7. The van der Waals surface area contributed by atoms with Crippen LogP contribution >= 0.6 is 0 Å². The molecular formula is C20H24FN5O. The van der Waals surface area contributed by atoms with Crippen molar-refractivity contribution in [1.29, 1.82) is 0 Å². The Hall–Kier alpha value is -3.09. The SMILES string of the molecule is CCNC(=NCc1ccnc(OC)c1)NCCc1c[nH]c2ccc(F)cc12. The van der Waals surface area contributed by atoms with Gasteiger partial charge in [0, 0.05) is 42.5 Å². The lowest BCUT2D eigenvalue weighted by atomic mass is 10.1. The van der Waals surface area contributed by atoms with E-state index in [-0.39, 0.29) is 5.82 Å². The van der Waals surface area contributed by atoms with E-state index >= 15 is 0 Å². The number of guanidine groups is 1. The van der Waals surface area contributed by atoms with Gasteiger partial charge >= 0.3 is 0 Å². The van der Waals surface area contributed by atoms with Gasteiger partial charge in [-0.3, -0.25) is 0 Å². The number of aliphatic imine (C=N–C) groups is 1. The first-order valence-corrected chi connectivity index (χ1v) is 8.96. The fourth-order valence-corrected chi connectivity index (χ4v) is 2.85. The normalized spacial score (nSPS) is 11.6. The molecule has 0 bridgehead atoms. The maximum Gasteiger partial charge on any atom is 0.213 e. The zero-order valence-electron chi connectivity index (χ0n) is 15.6. The molecule has 0 saturated carbocycles. The number of hydrogen-bond acceptors (Lipinski definition) is 3. The molecule has 0 fully saturated rings. The molecule has 3 N–H and O–H groups in total. The standard InChI is InChI=1S/C20H24FN5O/c1-3-22-20(26-12-14-6-8-23-19(10-14)27-2)24-9-7-15-13-25-18-5-4-16(21)11-17(15)18/h4-6,8,10-11,13,25H,3,7,9,12H2,1-2H3,(H2,22,24,26). The van der Waals surface area contributed by atoms with Crippen molar-refractivity contribution >= 4 is 16.9 Å². The minimum Gasteiger partial charge on any atom is -0.481 e. The molecule has 2 heterocycles. The summed E-state index contributed by atoms with van der Waals surface area (Å²) in [5, 5.41) is 7.47. The van der Waals surface area contributed by atoms with E-state index in [0.717, 1.165) is 41.0 Å². The Balaban J connectivity index is 1.61. The van der Waals surface area contributed by atoms with Crippen LogP contribution < -0.4 is 15.4 Å². The van der Waals surface area contributed by atoms with Crippen molar-refractivity contribution in [3.05, 3.63) is 59.7 Å². The highest BCUT2D eigenvalue weighted by Gasteiger charge is 2.05. The smallest absolute Gasteiger partial charge is 0.213 e. The number of rotatable bonds is 7. The topological polar surface area (TPSA) is 74.3 Å². The first-order valence-electron chi connectivity index (χ1n) is 8.96. The van der Waals surface area contributed by atoms with Gasteiger partial charge in [-0.1, -0.05) is 0 Å². The van der Waals surface area contributed by atoms with E-state index in [2.05, 4.69) is 25.6 Å². The molecule has 0 aliphatic carbocycles. The third-order valence-corrected chi connectivity index (χ3v) is 4.19. The average molecular weight is 369 g/mol. The van der Waals surface area contributed by atoms with Crippen LogP contribution in [0.3, 0.4) is 0 Å². The number of ether oxygens (including phenoxy) is 1. The van der Waals surface area contributed by atoms with Gasteiger partial charge in [0.25, 0.3) is 0 Å². The Morgan fingerprint density at radius 1 is 1.26 bits per heavy atom. The second-order valence-corrected chi connectivity index (χ2v) is 6.08. The zero-order chi connectivity index (χ0) is 19.1. The molecule has 0 radical (unpaired) electrons. The van der Waals surface area contributed by atoms with Gasteiger partial charge in [0.05, 0.1) is 13.7 Å². The molecule has 27 heavy (non-hydrogen) atoms. The predicted octanol–water partition coefficient (Wildman–Crippen LogP) is 3.01. The number of methoxy groups -OCH3 is 1. The Morgan fingerprint density at radius 3 is 2.96 bits per heavy atom. The second-order valence-electron chi connectivity index (χ2n) is 6.08. The van der Waals surface area contributed by atoms with Crippen molar-refractivity contribution in [2.24, 2.45) is 4.99 Å². The van der Waals surface area contributed by atoms with Gasteiger partial charge in [0.15, 0.2) is 5.96 Å². The maximum absolute atomic E-state index is 13.5. The molecule has 7 heteroatoms. The van der Waals surface area contributed by atoms with Crippen LogP contribution in [0.2, 0.25) is 0 Å². The van der Waals surface area contributed by atoms with E-state index in [1.165, 1.54) is 6.07 Å². The molecule has 0 atom stereocenters. The number of fused-ring (bicyclic) bond motifs is 1. The molecule has 0 spiro atoms. The summed E-state index contributed by atoms with van der Waals surface area (Å²) in [5.41, 5.74) is 3.04. The Kier molecular flexibility index (Phi) is 6.25. The molecule has 0 aliphatic rings. The van der Waals surface area contributed by atoms with Crippen LogP contribution in [0.15, 0.2) is 47.7 Å². The Labute approximate surface area is 157 Å². The minimum absolute atomic E-state index is 0.223. The van der Waals surface area contributed by atoms with Crippen LogP contribution in [-0.4, -0.2) is 36.1 Å². The highest BCUT2D eigenvalue weighted by molar-refractivity contribution is 5.83. The van der Waals surface area contributed by atoms with Crippen molar-refractivity contribution in [2.45, 2.75) is 19.9 Å². The van der Waals surface area contributed by atoms with E-state index in [4.69, 9.17) is 4.74 Å². The maximum atomic E-state index is 13.5. The van der Waals surface area contributed by atoms with Crippen LogP contribution in [0.25, 0.3) is 10.9 Å².